The van der Waals surface area contributed by atoms with E-state index in [-0.39, 0.29) is 23.3 Å². The van der Waals surface area contributed by atoms with E-state index in [0.717, 1.165) is 49.2 Å². The minimum Gasteiger partial charge on any atom is -0.343 e. The number of hydrogen-bond donors (Lipinski definition) is 2. The fourth-order valence-corrected chi connectivity index (χ4v) is 4.81. The Morgan fingerprint density at radius 3 is 2.93 bits per heavy atom. The predicted octanol–water partition coefficient (Wildman–Crippen LogP) is 4.11. The number of anilines is 1. The van der Waals surface area contributed by atoms with Gasteiger partial charge in [0.25, 0.3) is 0 Å². The smallest absolute Gasteiger partial charge is 0.228 e. The summed E-state index contributed by atoms with van der Waals surface area (Å²) in [6.45, 7) is 5.21. The van der Waals surface area contributed by atoms with Crippen LogP contribution in [-0.4, -0.2) is 21.5 Å². The molecule has 0 bridgehead atoms. The van der Waals surface area contributed by atoms with Gasteiger partial charge in [-0.1, -0.05) is 31.9 Å². The van der Waals surface area contributed by atoms with Gasteiger partial charge < -0.3 is 15.6 Å². The summed E-state index contributed by atoms with van der Waals surface area (Å²) in [5, 5.41) is 13.0. The van der Waals surface area contributed by atoms with Crippen LogP contribution in [0.4, 0.5) is 5.82 Å². The molecule has 0 saturated heterocycles. The van der Waals surface area contributed by atoms with Crippen molar-refractivity contribution in [2.75, 3.05) is 5.32 Å². The zero-order valence-electron chi connectivity index (χ0n) is 16.8. The highest BCUT2D eigenvalue weighted by atomic mass is 35.5. The molecule has 7 heteroatoms. The predicted molar refractivity (Wildman–Crippen MR) is 113 cm³/mol. The maximum absolute atomic E-state index is 12.7. The highest BCUT2D eigenvalue weighted by Crippen LogP contribution is 2.41. The summed E-state index contributed by atoms with van der Waals surface area (Å²) in [6.07, 6.45) is 5.92. The van der Waals surface area contributed by atoms with E-state index < -0.39 is 0 Å². The standard InChI is InChI=1S/C22H26ClN5O/c1-22(2)9-19-14(10-24)7-18(28(19)12-22)16-8-20(26-11-17(16)23)27-21(29)13-4-3-5-15(25)6-13/h7-8,11,13,15H,3-6,9,12,25H2,1-2H3,(H,26,27,29)/t13-,15+/m0/s1. The molecule has 0 radical (unpaired) electrons. The summed E-state index contributed by atoms with van der Waals surface area (Å²) in [6, 6.07) is 6.08. The molecule has 3 N–H and O–H groups in total. The van der Waals surface area contributed by atoms with Crippen LogP contribution in [0.2, 0.25) is 5.02 Å². The van der Waals surface area contributed by atoms with Crippen molar-refractivity contribution in [2.24, 2.45) is 17.1 Å². The Balaban J connectivity index is 1.64. The molecule has 2 atom stereocenters. The van der Waals surface area contributed by atoms with Crippen molar-refractivity contribution in [3.05, 3.63) is 34.6 Å². The lowest BCUT2D eigenvalue weighted by Gasteiger charge is -2.25. The largest absolute Gasteiger partial charge is 0.343 e. The minimum atomic E-state index is -0.0804. The zero-order chi connectivity index (χ0) is 20.8. The fraction of sp³-hybridized carbons (Fsp3) is 0.500. The van der Waals surface area contributed by atoms with Gasteiger partial charge in [0.15, 0.2) is 0 Å². The maximum atomic E-state index is 12.7. The first kappa shape index (κ1) is 19.9. The average molecular weight is 412 g/mol. The lowest BCUT2D eigenvalue weighted by molar-refractivity contribution is -0.120. The number of nitriles is 1. The molecule has 2 aromatic heterocycles. The summed E-state index contributed by atoms with van der Waals surface area (Å²) in [5.41, 5.74) is 9.51. The number of pyridine rings is 1. The van der Waals surface area contributed by atoms with E-state index >= 15 is 0 Å². The van der Waals surface area contributed by atoms with Crippen molar-refractivity contribution < 1.29 is 4.79 Å². The Morgan fingerprint density at radius 2 is 2.21 bits per heavy atom. The highest BCUT2D eigenvalue weighted by molar-refractivity contribution is 6.33. The van der Waals surface area contributed by atoms with E-state index in [9.17, 15) is 10.1 Å². The molecule has 3 heterocycles. The molecular formula is C22H26ClN5O. The highest BCUT2D eigenvalue weighted by Gasteiger charge is 2.33. The first-order chi connectivity index (χ1) is 13.8. The zero-order valence-corrected chi connectivity index (χ0v) is 17.6. The van der Waals surface area contributed by atoms with Crippen molar-refractivity contribution in [3.63, 3.8) is 0 Å². The third-order valence-corrected chi connectivity index (χ3v) is 6.33. The van der Waals surface area contributed by atoms with Crippen LogP contribution in [0.5, 0.6) is 0 Å². The molecule has 1 aliphatic heterocycles. The first-order valence-corrected chi connectivity index (χ1v) is 10.5. The van der Waals surface area contributed by atoms with Gasteiger partial charge >= 0.3 is 0 Å². The third kappa shape index (κ3) is 3.90. The Labute approximate surface area is 176 Å². The monoisotopic (exact) mass is 411 g/mol. The summed E-state index contributed by atoms with van der Waals surface area (Å²) in [4.78, 5) is 17.0. The van der Waals surface area contributed by atoms with E-state index in [4.69, 9.17) is 17.3 Å². The van der Waals surface area contributed by atoms with Crippen LogP contribution in [0, 0.1) is 22.7 Å². The van der Waals surface area contributed by atoms with Crippen LogP contribution in [-0.2, 0) is 17.8 Å². The SMILES string of the molecule is CC1(C)Cc2c(C#N)cc(-c3cc(NC(=O)[C@H]4CCC[C@@H](N)C4)ncc3Cl)n2C1. The van der Waals surface area contributed by atoms with Crippen molar-refractivity contribution >= 4 is 23.3 Å². The number of nitrogens with one attached hydrogen (secondary N) is 1. The second kappa shape index (κ2) is 7.47. The molecule has 0 aromatic carbocycles. The van der Waals surface area contributed by atoms with Crippen molar-refractivity contribution in [2.45, 2.75) is 58.5 Å². The molecule has 1 aliphatic carbocycles. The Kier molecular flexibility index (Phi) is 5.14. The fourth-order valence-electron chi connectivity index (χ4n) is 4.61. The number of hydrogen-bond acceptors (Lipinski definition) is 4. The molecule has 4 rings (SSSR count). The number of amides is 1. The second-order valence-electron chi connectivity index (χ2n) is 9.09. The number of halogens is 1. The van der Waals surface area contributed by atoms with E-state index in [1.54, 1.807) is 12.3 Å². The number of carbonyl (C=O) groups is 1. The third-order valence-electron chi connectivity index (χ3n) is 6.03. The van der Waals surface area contributed by atoms with Gasteiger partial charge in [-0.3, -0.25) is 4.79 Å². The van der Waals surface area contributed by atoms with Crippen LogP contribution < -0.4 is 11.1 Å². The molecule has 1 amide bonds. The Hall–Kier alpha value is -2.36. The van der Waals surface area contributed by atoms with E-state index in [1.807, 2.05) is 6.07 Å². The van der Waals surface area contributed by atoms with Gasteiger partial charge in [-0.25, -0.2) is 4.98 Å². The van der Waals surface area contributed by atoms with Crippen LogP contribution in [0.15, 0.2) is 18.3 Å². The summed E-state index contributed by atoms with van der Waals surface area (Å²) >= 11 is 6.47. The summed E-state index contributed by atoms with van der Waals surface area (Å²) in [7, 11) is 0. The van der Waals surface area contributed by atoms with Crippen LogP contribution in [0.1, 0.15) is 50.8 Å². The van der Waals surface area contributed by atoms with Gasteiger partial charge in [0, 0.05) is 36.0 Å². The van der Waals surface area contributed by atoms with Gasteiger partial charge in [-0.15, -0.1) is 0 Å². The molecule has 2 aliphatic rings. The molecule has 1 fully saturated rings. The Morgan fingerprint density at radius 1 is 1.41 bits per heavy atom. The van der Waals surface area contributed by atoms with Gasteiger partial charge in [-0.05, 0) is 43.2 Å². The molecule has 29 heavy (non-hydrogen) atoms. The number of aromatic nitrogens is 2. The molecular weight excluding hydrogens is 386 g/mol. The van der Waals surface area contributed by atoms with Crippen molar-refractivity contribution in [1.82, 2.24) is 9.55 Å². The van der Waals surface area contributed by atoms with Crippen molar-refractivity contribution in [3.8, 4) is 17.3 Å². The molecule has 1 saturated carbocycles. The van der Waals surface area contributed by atoms with Gasteiger partial charge in [-0.2, -0.15) is 5.26 Å². The van der Waals surface area contributed by atoms with E-state index in [2.05, 4.69) is 34.8 Å². The lowest BCUT2D eigenvalue weighted by Crippen LogP contribution is -2.34. The quantitative estimate of drug-likeness (QED) is 0.793. The number of rotatable bonds is 3. The van der Waals surface area contributed by atoms with Crippen LogP contribution >= 0.6 is 11.6 Å². The molecule has 6 nitrogen and oxygen atoms in total. The minimum absolute atomic E-state index is 0.0415. The molecule has 0 spiro atoms. The molecule has 0 unspecified atom stereocenters. The number of nitrogens with two attached hydrogens (primary N) is 1. The molecule has 152 valence electrons. The molecule has 2 aromatic rings. The van der Waals surface area contributed by atoms with Gasteiger partial charge in [0.2, 0.25) is 5.91 Å². The van der Waals surface area contributed by atoms with Crippen molar-refractivity contribution in [1.29, 1.82) is 5.26 Å². The topological polar surface area (TPSA) is 96.7 Å². The van der Waals surface area contributed by atoms with Gasteiger partial charge in [0.1, 0.15) is 11.9 Å². The second-order valence-corrected chi connectivity index (χ2v) is 9.50. The average Bonchev–Trinajstić information content (AvgIpc) is 3.16. The van der Waals surface area contributed by atoms with E-state index in [0.29, 0.717) is 22.8 Å². The summed E-state index contributed by atoms with van der Waals surface area (Å²) < 4.78 is 2.17. The number of carbonyl (C=O) groups excluding carboxylic acids is 1. The van der Waals surface area contributed by atoms with Crippen LogP contribution in [0.25, 0.3) is 11.3 Å². The number of fused-ring (bicyclic) bond motifs is 1. The van der Waals surface area contributed by atoms with Crippen LogP contribution in [0.3, 0.4) is 0 Å². The normalized spacial score (nSPS) is 22.7. The summed E-state index contributed by atoms with van der Waals surface area (Å²) in [5.74, 6) is 0.350. The Bertz CT molecular complexity index is 1000. The first-order valence-electron chi connectivity index (χ1n) is 10.1. The lowest BCUT2D eigenvalue weighted by atomic mass is 9.85. The van der Waals surface area contributed by atoms with Gasteiger partial charge in [0.05, 0.1) is 16.3 Å². The maximum Gasteiger partial charge on any atom is 0.228 e. The number of nitrogens with zero attached hydrogens (tertiary/aromatic N) is 3. The van der Waals surface area contributed by atoms with E-state index in [1.165, 1.54) is 0 Å².